The van der Waals surface area contributed by atoms with Gasteiger partial charge in [-0.2, -0.15) is 0 Å². The van der Waals surface area contributed by atoms with Crippen molar-refractivity contribution < 1.29 is 9.32 Å². The molecule has 0 radical (unpaired) electrons. The third-order valence-corrected chi connectivity index (χ3v) is 4.42. The van der Waals surface area contributed by atoms with Crippen LogP contribution in [0.15, 0.2) is 16.7 Å². The topological polar surface area (TPSA) is 71.3 Å². The fourth-order valence-electron chi connectivity index (χ4n) is 3.28. The smallest absolute Gasteiger partial charge is 0.226 e. The first-order chi connectivity index (χ1) is 12.2. The second kappa shape index (κ2) is 7.09. The summed E-state index contributed by atoms with van der Waals surface area (Å²) in [4.78, 5) is 19.3. The van der Waals surface area contributed by atoms with Gasteiger partial charge in [0.25, 0.3) is 0 Å². The van der Waals surface area contributed by atoms with Gasteiger partial charge in [-0.3, -0.25) is 4.79 Å². The Bertz CT molecular complexity index is 805. The van der Waals surface area contributed by atoms with Gasteiger partial charge in [0.2, 0.25) is 5.91 Å². The monoisotopic (exact) mass is 356 g/mol. The van der Waals surface area contributed by atoms with Crippen LogP contribution in [0.1, 0.15) is 56.3 Å². The molecule has 0 atom stereocenters. The van der Waals surface area contributed by atoms with E-state index in [1.165, 1.54) is 0 Å². The molecule has 6 heteroatoms. The van der Waals surface area contributed by atoms with Crippen LogP contribution in [0.2, 0.25) is 0 Å². The Balaban J connectivity index is 1.79. The lowest BCUT2D eigenvalue weighted by Gasteiger charge is -2.30. The molecular weight excluding hydrogens is 328 g/mol. The molecule has 1 aliphatic heterocycles. The Morgan fingerprint density at radius 2 is 2.08 bits per heavy atom. The van der Waals surface area contributed by atoms with E-state index in [9.17, 15) is 4.79 Å². The summed E-state index contributed by atoms with van der Waals surface area (Å²) in [6.45, 7) is 11.7. The number of aryl methyl sites for hydroxylation is 3. The van der Waals surface area contributed by atoms with Gasteiger partial charge in [0.15, 0.2) is 5.76 Å². The Hall–Kier alpha value is -2.37. The normalized spacial score (nSPS) is 14.3. The number of carbonyl (C=O) groups is 1. The third kappa shape index (κ3) is 4.42. The molecule has 6 nitrogen and oxygen atoms in total. The Morgan fingerprint density at radius 1 is 1.31 bits per heavy atom. The molecule has 1 aliphatic rings. The predicted octanol–water partition coefficient (Wildman–Crippen LogP) is 4.01. The Labute approximate surface area is 155 Å². The van der Waals surface area contributed by atoms with Crippen LogP contribution in [-0.2, 0) is 17.8 Å². The van der Waals surface area contributed by atoms with Gasteiger partial charge in [0.05, 0.1) is 23.6 Å². The Morgan fingerprint density at radius 3 is 2.73 bits per heavy atom. The molecule has 26 heavy (non-hydrogen) atoms. The quantitative estimate of drug-likeness (QED) is 0.896. The number of anilines is 2. The maximum atomic E-state index is 12.3. The predicted molar refractivity (Wildman–Crippen MR) is 102 cm³/mol. The highest BCUT2D eigenvalue weighted by molar-refractivity contribution is 5.91. The molecule has 1 N–H and O–H groups in total. The average Bonchev–Trinajstić information content (AvgIpc) is 2.92. The standard InChI is InChI=1S/C20H28N4O2/c1-13-9-17-16(21-19(13)22-18(25)11-20(3,4)5)7-6-8-24(17)12-15-10-14(2)23-26-15/h9-10H,6-8,11-12H2,1-5H3,(H,21,22,25). The number of amides is 1. The van der Waals surface area contributed by atoms with Gasteiger partial charge in [0, 0.05) is 19.0 Å². The zero-order valence-electron chi connectivity index (χ0n) is 16.3. The van der Waals surface area contributed by atoms with E-state index in [4.69, 9.17) is 9.51 Å². The lowest BCUT2D eigenvalue weighted by atomic mass is 9.92. The maximum absolute atomic E-state index is 12.3. The summed E-state index contributed by atoms with van der Waals surface area (Å²) in [7, 11) is 0. The first-order valence-corrected chi connectivity index (χ1v) is 9.19. The molecule has 0 spiro atoms. The first kappa shape index (κ1) is 18.4. The molecular formula is C20H28N4O2. The van der Waals surface area contributed by atoms with E-state index in [1.807, 2.05) is 19.9 Å². The minimum atomic E-state index is -0.0435. The van der Waals surface area contributed by atoms with Crippen LogP contribution in [0.3, 0.4) is 0 Å². The maximum Gasteiger partial charge on any atom is 0.226 e. The number of aromatic nitrogens is 2. The lowest BCUT2D eigenvalue weighted by molar-refractivity contribution is -0.117. The summed E-state index contributed by atoms with van der Waals surface area (Å²) in [5.74, 6) is 1.55. The highest BCUT2D eigenvalue weighted by Crippen LogP contribution is 2.31. The summed E-state index contributed by atoms with van der Waals surface area (Å²) in [5, 5.41) is 6.95. The third-order valence-electron chi connectivity index (χ3n) is 4.42. The van der Waals surface area contributed by atoms with Crippen molar-refractivity contribution >= 4 is 17.4 Å². The number of rotatable bonds is 4. The number of nitrogens with one attached hydrogen (secondary N) is 1. The van der Waals surface area contributed by atoms with Crippen molar-refractivity contribution in [3.05, 3.63) is 34.8 Å². The van der Waals surface area contributed by atoms with Crippen LogP contribution in [-0.4, -0.2) is 22.6 Å². The summed E-state index contributed by atoms with van der Waals surface area (Å²) in [6.07, 6.45) is 2.43. The van der Waals surface area contributed by atoms with Gasteiger partial charge < -0.3 is 14.7 Å². The van der Waals surface area contributed by atoms with Crippen LogP contribution in [0.25, 0.3) is 0 Å². The lowest BCUT2D eigenvalue weighted by Crippen LogP contribution is -2.30. The molecule has 0 saturated carbocycles. The Kier molecular flexibility index (Phi) is 5.03. The molecule has 0 unspecified atom stereocenters. The average molecular weight is 356 g/mol. The molecule has 0 aromatic carbocycles. The van der Waals surface area contributed by atoms with Crippen molar-refractivity contribution in [3.63, 3.8) is 0 Å². The van der Waals surface area contributed by atoms with Crippen LogP contribution in [0.5, 0.6) is 0 Å². The zero-order chi connectivity index (χ0) is 18.9. The number of carbonyl (C=O) groups excluding carboxylic acids is 1. The van der Waals surface area contributed by atoms with E-state index < -0.39 is 0 Å². The molecule has 3 heterocycles. The van der Waals surface area contributed by atoms with E-state index in [0.717, 1.165) is 47.8 Å². The van der Waals surface area contributed by atoms with E-state index in [-0.39, 0.29) is 11.3 Å². The van der Waals surface area contributed by atoms with Crippen LogP contribution < -0.4 is 10.2 Å². The molecule has 0 saturated heterocycles. The van der Waals surface area contributed by atoms with Crippen molar-refractivity contribution in [3.8, 4) is 0 Å². The molecule has 1 amide bonds. The molecule has 0 bridgehead atoms. The van der Waals surface area contributed by atoms with Gasteiger partial charge in [-0.15, -0.1) is 0 Å². The number of hydrogen-bond acceptors (Lipinski definition) is 5. The second-order valence-corrected chi connectivity index (χ2v) is 8.37. The van der Waals surface area contributed by atoms with Gasteiger partial charge in [-0.1, -0.05) is 25.9 Å². The summed E-state index contributed by atoms with van der Waals surface area (Å²) >= 11 is 0. The van der Waals surface area contributed by atoms with Crippen molar-refractivity contribution in [2.24, 2.45) is 5.41 Å². The number of hydrogen-bond donors (Lipinski definition) is 1. The van der Waals surface area contributed by atoms with Crippen molar-refractivity contribution in [1.82, 2.24) is 10.1 Å². The van der Waals surface area contributed by atoms with Gasteiger partial charge in [0.1, 0.15) is 5.82 Å². The van der Waals surface area contributed by atoms with Crippen molar-refractivity contribution in [2.75, 3.05) is 16.8 Å². The molecule has 0 aliphatic carbocycles. The number of nitrogens with zero attached hydrogens (tertiary/aromatic N) is 3. The number of pyridine rings is 1. The van der Waals surface area contributed by atoms with E-state index >= 15 is 0 Å². The summed E-state index contributed by atoms with van der Waals surface area (Å²) in [5.41, 5.74) is 3.98. The van der Waals surface area contributed by atoms with Crippen molar-refractivity contribution in [2.45, 2.75) is 60.4 Å². The van der Waals surface area contributed by atoms with E-state index in [2.05, 4.69) is 42.2 Å². The van der Waals surface area contributed by atoms with Crippen molar-refractivity contribution in [1.29, 1.82) is 0 Å². The van der Waals surface area contributed by atoms with Crippen LogP contribution >= 0.6 is 0 Å². The largest absolute Gasteiger partial charge is 0.362 e. The van der Waals surface area contributed by atoms with Gasteiger partial charge in [-0.05, 0) is 43.7 Å². The van der Waals surface area contributed by atoms with E-state index in [1.54, 1.807) is 0 Å². The number of fused-ring (bicyclic) bond motifs is 1. The molecule has 0 fully saturated rings. The molecule has 2 aromatic rings. The highest BCUT2D eigenvalue weighted by atomic mass is 16.5. The van der Waals surface area contributed by atoms with E-state index in [0.29, 0.717) is 18.8 Å². The molecule has 3 rings (SSSR count). The molecule has 2 aromatic heterocycles. The molecule has 140 valence electrons. The summed E-state index contributed by atoms with van der Waals surface area (Å²) < 4.78 is 5.37. The fourth-order valence-corrected chi connectivity index (χ4v) is 3.28. The van der Waals surface area contributed by atoms with Crippen LogP contribution in [0, 0.1) is 19.3 Å². The summed E-state index contributed by atoms with van der Waals surface area (Å²) in [6, 6.07) is 4.09. The van der Waals surface area contributed by atoms with Gasteiger partial charge >= 0.3 is 0 Å². The van der Waals surface area contributed by atoms with Crippen LogP contribution in [0.4, 0.5) is 11.5 Å². The second-order valence-electron chi connectivity index (χ2n) is 8.37. The zero-order valence-corrected chi connectivity index (χ0v) is 16.3. The minimum Gasteiger partial charge on any atom is -0.362 e. The minimum absolute atomic E-state index is 0.0119. The SMILES string of the molecule is Cc1cc(CN2CCCc3nc(NC(=O)CC(C)(C)C)c(C)cc32)on1. The highest BCUT2D eigenvalue weighted by Gasteiger charge is 2.23. The first-order valence-electron chi connectivity index (χ1n) is 9.19. The fraction of sp³-hybridized carbons (Fsp3) is 0.550. The van der Waals surface area contributed by atoms with Gasteiger partial charge in [-0.25, -0.2) is 4.98 Å².